The van der Waals surface area contributed by atoms with Crippen LogP contribution in [0.15, 0.2) is 66.7 Å². The second-order valence-corrected chi connectivity index (χ2v) is 8.51. The van der Waals surface area contributed by atoms with Gasteiger partial charge in [0.25, 0.3) is 5.91 Å². The lowest BCUT2D eigenvalue weighted by molar-refractivity contribution is -0.115. The highest BCUT2D eigenvalue weighted by molar-refractivity contribution is 8.00. The summed E-state index contributed by atoms with van der Waals surface area (Å²) in [4.78, 5) is 27.1. The summed E-state index contributed by atoms with van der Waals surface area (Å²) in [5, 5.41) is 2.80. The molecule has 1 aliphatic rings. The Morgan fingerprint density at radius 1 is 0.969 bits per heavy atom. The van der Waals surface area contributed by atoms with Crippen molar-refractivity contribution in [1.29, 1.82) is 0 Å². The van der Waals surface area contributed by atoms with Gasteiger partial charge in [0.05, 0.1) is 20.0 Å². The van der Waals surface area contributed by atoms with Gasteiger partial charge >= 0.3 is 0 Å². The quantitative estimate of drug-likeness (QED) is 0.572. The summed E-state index contributed by atoms with van der Waals surface area (Å²) in [6.07, 6.45) is 0. The van der Waals surface area contributed by atoms with Gasteiger partial charge in [0, 0.05) is 23.0 Å². The number of rotatable bonds is 6. The van der Waals surface area contributed by atoms with Gasteiger partial charge in [-0.3, -0.25) is 14.5 Å². The van der Waals surface area contributed by atoms with Crippen LogP contribution in [0.3, 0.4) is 0 Å². The number of carbonyl (C=O) groups excluding carboxylic acids is 2. The van der Waals surface area contributed by atoms with Crippen molar-refractivity contribution in [1.82, 2.24) is 0 Å². The molecular formula is C25H24N2O4S. The maximum atomic E-state index is 12.7. The van der Waals surface area contributed by atoms with E-state index in [-0.39, 0.29) is 17.2 Å². The minimum atomic E-state index is -0.262. The van der Waals surface area contributed by atoms with Crippen molar-refractivity contribution in [2.75, 3.05) is 30.2 Å². The summed E-state index contributed by atoms with van der Waals surface area (Å²) >= 11 is 1.60. The Kier molecular flexibility index (Phi) is 6.37. The average molecular weight is 449 g/mol. The number of hydrogen-bond donors (Lipinski definition) is 1. The lowest BCUT2D eigenvalue weighted by atomic mass is 10.1. The fraction of sp³-hybridized carbons (Fsp3) is 0.200. The van der Waals surface area contributed by atoms with Crippen LogP contribution in [0.5, 0.6) is 11.5 Å². The van der Waals surface area contributed by atoms with E-state index in [0.29, 0.717) is 28.5 Å². The first-order valence-electron chi connectivity index (χ1n) is 10.1. The Morgan fingerprint density at radius 3 is 2.19 bits per heavy atom. The minimum Gasteiger partial charge on any atom is -0.497 e. The fourth-order valence-electron chi connectivity index (χ4n) is 3.53. The number of amides is 2. The molecule has 32 heavy (non-hydrogen) atoms. The first kappa shape index (κ1) is 21.8. The van der Waals surface area contributed by atoms with Crippen LogP contribution in [-0.4, -0.2) is 31.8 Å². The van der Waals surface area contributed by atoms with E-state index >= 15 is 0 Å². The number of thioether (sulfide) groups is 1. The molecular weight excluding hydrogens is 424 g/mol. The van der Waals surface area contributed by atoms with Gasteiger partial charge < -0.3 is 14.8 Å². The van der Waals surface area contributed by atoms with Crippen LogP contribution in [-0.2, 0) is 4.79 Å². The molecule has 1 saturated heterocycles. The van der Waals surface area contributed by atoms with Crippen LogP contribution in [0, 0.1) is 6.92 Å². The third kappa shape index (κ3) is 4.57. The summed E-state index contributed by atoms with van der Waals surface area (Å²) in [5.41, 5.74) is 4.14. The number of aryl methyl sites for hydroxylation is 1. The maximum Gasteiger partial charge on any atom is 0.255 e. The van der Waals surface area contributed by atoms with Crippen LogP contribution < -0.4 is 19.7 Å². The van der Waals surface area contributed by atoms with Gasteiger partial charge in [-0.15, -0.1) is 11.8 Å². The topological polar surface area (TPSA) is 67.9 Å². The van der Waals surface area contributed by atoms with Crippen LogP contribution in [0.4, 0.5) is 11.4 Å². The summed E-state index contributed by atoms with van der Waals surface area (Å²) in [6.45, 7) is 2.02. The smallest absolute Gasteiger partial charge is 0.255 e. The molecule has 3 aromatic carbocycles. The number of hydrogen-bond acceptors (Lipinski definition) is 5. The highest BCUT2D eigenvalue weighted by Crippen LogP contribution is 2.42. The van der Waals surface area contributed by atoms with E-state index in [1.807, 2.05) is 60.4 Å². The number of nitrogens with zero attached hydrogens (tertiary/aromatic N) is 1. The molecule has 7 heteroatoms. The first-order valence-corrected chi connectivity index (χ1v) is 11.2. The lowest BCUT2D eigenvalue weighted by Crippen LogP contribution is -2.27. The zero-order valence-electron chi connectivity index (χ0n) is 18.1. The predicted molar refractivity (Wildman–Crippen MR) is 128 cm³/mol. The minimum absolute atomic E-state index is 0.0909. The third-order valence-electron chi connectivity index (χ3n) is 5.25. The average Bonchev–Trinajstić information content (AvgIpc) is 3.21. The van der Waals surface area contributed by atoms with Gasteiger partial charge in [0.2, 0.25) is 5.91 Å². The van der Waals surface area contributed by atoms with Gasteiger partial charge in [0.15, 0.2) is 0 Å². The molecule has 0 unspecified atom stereocenters. The van der Waals surface area contributed by atoms with E-state index in [0.717, 1.165) is 16.8 Å². The van der Waals surface area contributed by atoms with Crippen molar-refractivity contribution in [3.63, 3.8) is 0 Å². The first-order chi connectivity index (χ1) is 15.5. The molecule has 4 rings (SSSR count). The van der Waals surface area contributed by atoms with E-state index in [9.17, 15) is 9.59 Å². The summed E-state index contributed by atoms with van der Waals surface area (Å²) in [7, 11) is 3.09. The van der Waals surface area contributed by atoms with Crippen LogP contribution >= 0.6 is 11.8 Å². The number of nitrogens with one attached hydrogen (secondary N) is 1. The Hall–Kier alpha value is -3.45. The predicted octanol–water partition coefficient (Wildman–Crippen LogP) is 5.04. The summed E-state index contributed by atoms with van der Waals surface area (Å²) < 4.78 is 10.5. The molecule has 1 atom stereocenters. The van der Waals surface area contributed by atoms with Crippen LogP contribution in [0.25, 0.3) is 0 Å². The molecule has 0 aromatic heterocycles. The van der Waals surface area contributed by atoms with Gasteiger partial charge in [-0.25, -0.2) is 0 Å². The molecule has 0 spiro atoms. The normalized spacial score (nSPS) is 15.5. The van der Waals surface area contributed by atoms with Crippen molar-refractivity contribution < 1.29 is 19.1 Å². The van der Waals surface area contributed by atoms with Gasteiger partial charge in [-0.05, 0) is 48.9 Å². The molecule has 164 valence electrons. The number of methoxy groups -OCH3 is 2. The number of benzene rings is 3. The van der Waals surface area contributed by atoms with Crippen LogP contribution in [0.2, 0.25) is 0 Å². The molecule has 1 N–H and O–H groups in total. The molecule has 1 fully saturated rings. The van der Waals surface area contributed by atoms with Crippen molar-refractivity contribution in [2.24, 2.45) is 0 Å². The van der Waals surface area contributed by atoms with Gasteiger partial charge in [0.1, 0.15) is 16.9 Å². The van der Waals surface area contributed by atoms with E-state index in [1.54, 1.807) is 44.2 Å². The summed E-state index contributed by atoms with van der Waals surface area (Å²) in [5.74, 6) is 1.36. The van der Waals surface area contributed by atoms with Crippen molar-refractivity contribution in [3.8, 4) is 11.5 Å². The standard InChI is InChI=1S/C25H24N2O4S/c1-16-4-10-20(11-5-16)27-23(28)15-32-25(27)17-6-8-19(9-7-17)26-24(29)18-12-21(30-2)14-22(13-18)31-3/h4-14,25H,15H2,1-3H3,(H,26,29)/t25-/m0/s1. The molecule has 0 radical (unpaired) electrons. The number of ether oxygens (including phenoxy) is 2. The molecule has 2 amide bonds. The largest absolute Gasteiger partial charge is 0.497 e. The van der Waals surface area contributed by atoms with Crippen molar-refractivity contribution in [2.45, 2.75) is 12.3 Å². The van der Waals surface area contributed by atoms with Crippen LogP contribution in [0.1, 0.15) is 26.9 Å². The SMILES string of the molecule is COc1cc(OC)cc(C(=O)Nc2ccc([C@@H]3SCC(=O)N3c3ccc(C)cc3)cc2)c1. The lowest BCUT2D eigenvalue weighted by Gasteiger charge is -2.24. The number of carbonyl (C=O) groups is 2. The summed E-state index contributed by atoms with van der Waals surface area (Å²) in [6, 6.07) is 20.6. The number of anilines is 2. The molecule has 3 aromatic rings. The zero-order chi connectivity index (χ0) is 22.7. The second-order valence-electron chi connectivity index (χ2n) is 7.44. The molecule has 1 aliphatic heterocycles. The van der Waals surface area contributed by atoms with E-state index < -0.39 is 0 Å². The fourth-order valence-corrected chi connectivity index (χ4v) is 4.71. The highest BCUT2D eigenvalue weighted by atomic mass is 32.2. The monoisotopic (exact) mass is 448 g/mol. The van der Waals surface area contributed by atoms with Crippen molar-refractivity contribution in [3.05, 3.63) is 83.4 Å². The maximum absolute atomic E-state index is 12.7. The molecule has 6 nitrogen and oxygen atoms in total. The molecule has 0 bridgehead atoms. The third-order valence-corrected chi connectivity index (χ3v) is 6.46. The molecule has 1 heterocycles. The highest BCUT2D eigenvalue weighted by Gasteiger charge is 2.33. The van der Waals surface area contributed by atoms with E-state index in [4.69, 9.17) is 9.47 Å². The Morgan fingerprint density at radius 2 is 1.59 bits per heavy atom. The zero-order valence-corrected chi connectivity index (χ0v) is 18.9. The second kappa shape index (κ2) is 9.36. The van der Waals surface area contributed by atoms with E-state index in [2.05, 4.69) is 5.32 Å². The van der Waals surface area contributed by atoms with Crippen molar-refractivity contribution >= 4 is 35.0 Å². The van der Waals surface area contributed by atoms with Gasteiger partial charge in [-0.1, -0.05) is 29.8 Å². The van der Waals surface area contributed by atoms with Gasteiger partial charge in [-0.2, -0.15) is 0 Å². The Bertz CT molecular complexity index is 1110. The van der Waals surface area contributed by atoms with E-state index in [1.165, 1.54) is 0 Å². The Balaban J connectivity index is 1.51. The molecule has 0 saturated carbocycles. The molecule has 0 aliphatic carbocycles. The Labute approximate surface area is 191 Å².